The largest absolute Gasteiger partial charge is 0.508 e. The van der Waals surface area contributed by atoms with Crippen molar-refractivity contribution in [3.63, 3.8) is 0 Å². The lowest BCUT2D eigenvalue weighted by molar-refractivity contribution is -0.138. The SMILES string of the molecule is CC(C)(CC(=O)O)c1ccc(Cl)cc1O. The highest BCUT2D eigenvalue weighted by atomic mass is 35.5. The Kier molecular flexibility index (Phi) is 3.25. The van der Waals surface area contributed by atoms with Gasteiger partial charge in [0.25, 0.3) is 0 Å². The minimum atomic E-state index is -0.894. The van der Waals surface area contributed by atoms with E-state index in [2.05, 4.69) is 0 Å². The normalized spacial score (nSPS) is 11.4. The Balaban J connectivity index is 3.09. The number of benzene rings is 1. The van der Waals surface area contributed by atoms with Crippen LogP contribution in [-0.2, 0) is 10.2 Å². The molecule has 0 fully saturated rings. The number of carboxylic acids is 1. The first kappa shape index (κ1) is 11.9. The van der Waals surface area contributed by atoms with Crippen molar-refractivity contribution in [1.82, 2.24) is 0 Å². The Hall–Kier alpha value is -1.22. The first-order chi connectivity index (χ1) is 6.83. The van der Waals surface area contributed by atoms with E-state index in [0.29, 0.717) is 10.6 Å². The van der Waals surface area contributed by atoms with Crippen molar-refractivity contribution in [2.45, 2.75) is 25.7 Å². The van der Waals surface area contributed by atoms with Crippen molar-refractivity contribution in [3.8, 4) is 5.75 Å². The maximum Gasteiger partial charge on any atom is 0.304 e. The van der Waals surface area contributed by atoms with Gasteiger partial charge < -0.3 is 10.2 Å². The Morgan fingerprint density at radius 2 is 2.07 bits per heavy atom. The topological polar surface area (TPSA) is 57.5 Å². The Morgan fingerprint density at radius 1 is 1.47 bits per heavy atom. The second-order valence-corrected chi connectivity index (χ2v) is 4.55. The van der Waals surface area contributed by atoms with Crippen LogP contribution in [0.2, 0.25) is 5.02 Å². The highest BCUT2D eigenvalue weighted by molar-refractivity contribution is 6.30. The molecule has 82 valence electrons. The van der Waals surface area contributed by atoms with E-state index in [1.807, 2.05) is 0 Å². The zero-order chi connectivity index (χ0) is 11.6. The zero-order valence-corrected chi connectivity index (χ0v) is 9.38. The van der Waals surface area contributed by atoms with Crippen LogP contribution in [0.4, 0.5) is 0 Å². The van der Waals surface area contributed by atoms with Crippen LogP contribution in [0.25, 0.3) is 0 Å². The molecule has 4 heteroatoms. The first-order valence-electron chi connectivity index (χ1n) is 4.54. The van der Waals surface area contributed by atoms with Crippen molar-refractivity contribution < 1.29 is 15.0 Å². The van der Waals surface area contributed by atoms with E-state index in [0.717, 1.165) is 0 Å². The molecule has 0 unspecified atom stereocenters. The predicted molar refractivity (Wildman–Crippen MR) is 58.4 cm³/mol. The molecule has 0 spiro atoms. The molecule has 2 N–H and O–H groups in total. The monoisotopic (exact) mass is 228 g/mol. The fourth-order valence-corrected chi connectivity index (χ4v) is 1.72. The van der Waals surface area contributed by atoms with Crippen molar-refractivity contribution >= 4 is 17.6 Å². The van der Waals surface area contributed by atoms with Crippen LogP contribution in [0.1, 0.15) is 25.8 Å². The summed E-state index contributed by atoms with van der Waals surface area (Å²) in [6.45, 7) is 3.54. The average molecular weight is 229 g/mol. The van der Waals surface area contributed by atoms with Gasteiger partial charge >= 0.3 is 5.97 Å². The number of hydrogen-bond acceptors (Lipinski definition) is 2. The lowest BCUT2D eigenvalue weighted by Crippen LogP contribution is -2.21. The molecule has 0 bridgehead atoms. The maximum atomic E-state index is 10.7. The van der Waals surface area contributed by atoms with Crippen LogP contribution in [0.15, 0.2) is 18.2 Å². The van der Waals surface area contributed by atoms with Crippen molar-refractivity contribution in [2.75, 3.05) is 0 Å². The summed E-state index contributed by atoms with van der Waals surface area (Å²) in [6, 6.07) is 4.71. The Bertz CT molecular complexity index is 385. The molecule has 0 aliphatic carbocycles. The van der Waals surface area contributed by atoms with Crippen molar-refractivity contribution in [1.29, 1.82) is 0 Å². The molecule has 0 saturated carbocycles. The van der Waals surface area contributed by atoms with Crippen LogP contribution in [0.5, 0.6) is 5.75 Å². The molecule has 3 nitrogen and oxygen atoms in total. The molecule has 1 aromatic carbocycles. The number of carbonyl (C=O) groups is 1. The summed E-state index contributed by atoms with van der Waals surface area (Å²) >= 11 is 5.70. The highest BCUT2D eigenvalue weighted by Crippen LogP contribution is 2.35. The summed E-state index contributed by atoms with van der Waals surface area (Å²) in [5, 5.41) is 18.8. The number of hydrogen-bond donors (Lipinski definition) is 2. The lowest BCUT2D eigenvalue weighted by atomic mass is 9.81. The first-order valence-corrected chi connectivity index (χ1v) is 4.91. The third-order valence-corrected chi connectivity index (χ3v) is 2.52. The van der Waals surface area contributed by atoms with Crippen LogP contribution >= 0.6 is 11.6 Å². The van der Waals surface area contributed by atoms with Gasteiger partial charge in [-0.3, -0.25) is 4.79 Å². The zero-order valence-electron chi connectivity index (χ0n) is 8.62. The summed E-state index contributed by atoms with van der Waals surface area (Å²) in [4.78, 5) is 10.7. The second-order valence-electron chi connectivity index (χ2n) is 4.12. The number of phenolic OH excluding ortho intramolecular Hbond substituents is 1. The molecule has 0 saturated heterocycles. The van der Waals surface area contributed by atoms with E-state index in [9.17, 15) is 9.90 Å². The molecule has 0 atom stereocenters. The fourth-order valence-electron chi connectivity index (χ4n) is 1.55. The van der Waals surface area contributed by atoms with E-state index < -0.39 is 11.4 Å². The van der Waals surface area contributed by atoms with Gasteiger partial charge in [-0.25, -0.2) is 0 Å². The summed E-state index contributed by atoms with van der Waals surface area (Å²) < 4.78 is 0. The van der Waals surface area contributed by atoms with E-state index >= 15 is 0 Å². The summed E-state index contributed by atoms with van der Waals surface area (Å²) in [6.07, 6.45) is -0.0395. The molecule has 0 aromatic heterocycles. The summed E-state index contributed by atoms with van der Waals surface area (Å²) in [7, 11) is 0. The number of aliphatic carboxylic acids is 1. The number of rotatable bonds is 3. The molecule has 0 amide bonds. The molecular weight excluding hydrogens is 216 g/mol. The van der Waals surface area contributed by atoms with Crippen LogP contribution in [0, 0.1) is 0 Å². The van der Waals surface area contributed by atoms with Gasteiger partial charge in [0.2, 0.25) is 0 Å². The van der Waals surface area contributed by atoms with Gasteiger partial charge in [-0.05, 0) is 12.1 Å². The molecule has 0 aliphatic heterocycles. The van der Waals surface area contributed by atoms with Crippen LogP contribution in [-0.4, -0.2) is 16.2 Å². The molecule has 0 heterocycles. The molecule has 0 radical (unpaired) electrons. The molecular formula is C11H13ClO3. The van der Waals surface area contributed by atoms with E-state index in [1.165, 1.54) is 6.07 Å². The van der Waals surface area contributed by atoms with Gasteiger partial charge in [0, 0.05) is 16.0 Å². The number of phenols is 1. The predicted octanol–water partition coefficient (Wildman–Crippen LogP) is 2.80. The van der Waals surface area contributed by atoms with Crippen molar-refractivity contribution in [3.05, 3.63) is 28.8 Å². The third-order valence-electron chi connectivity index (χ3n) is 2.28. The molecule has 0 aliphatic rings. The molecule has 1 rings (SSSR count). The maximum absolute atomic E-state index is 10.7. The van der Waals surface area contributed by atoms with E-state index in [1.54, 1.807) is 26.0 Å². The summed E-state index contributed by atoms with van der Waals surface area (Å²) in [5.41, 5.74) is -0.0187. The fraction of sp³-hybridized carbons (Fsp3) is 0.364. The smallest absolute Gasteiger partial charge is 0.304 e. The van der Waals surface area contributed by atoms with Gasteiger partial charge in [-0.15, -0.1) is 0 Å². The standard InChI is InChI=1S/C11H13ClO3/c1-11(2,6-10(14)15)8-4-3-7(12)5-9(8)13/h3-5,13H,6H2,1-2H3,(H,14,15). The van der Waals surface area contributed by atoms with Gasteiger partial charge in [0.05, 0.1) is 6.42 Å². The van der Waals surface area contributed by atoms with Gasteiger partial charge in [-0.2, -0.15) is 0 Å². The molecule has 1 aromatic rings. The highest BCUT2D eigenvalue weighted by Gasteiger charge is 2.26. The Labute approximate surface area is 93.3 Å². The van der Waals surface area contributed by atoms with Crippen LogP contribution < -0.4 is 0 Å². The van der Waals surface area contributed by atoms with Gasteiger partial charge in [0.15, 0.2) is 0 Å². The quantitative estimate of drug-likeness (QED) is 0.837. The van der Waals surface area contributed by atoms with Crippen LogP contribution in [0.3, 0.4) is 0 Å². The Morgan fingerprint density at radius 3 is 2.53 bits per heavy atom. The summed E-state index contributed by atoms with van der Waals surface area (Å²) in [5.74, 6) is -0.858. The van der Waals surface area contributed by atoms with E-state index in [-0.39, 0.29) is 12.2 Å². The lowest BCUT2D eigenvalue weighted by Gasteiger charge is -2.24. The average Bonchev–Trinajstić information content (AvgIpc) is 1.99. The second kappa shape index (κ2) is 4.11. The third kappa shape index (κ3) is 2.86. The number of halogens is 1. The number of aromatic hydroxyl groups is 1. The van der Waals surface area contributed by atoms with Gasteiger partial charge in [0.1, 0.15) is 5.75 Å². The van der Waals surface area contributed by atoms with E-state index in [4.69, 9.17) is 16.7 Å². The minimum absolute atomic E-state index is 0.0359. The van der Waals surface area contributed by atoms with Crippen molar-refractivity contribution in [2.24, 2.45) is 0 Å². The van der Waals surface area contributed by atoms with Gasteiger partial charge in [-0.1, -0.05) is 31.5 Å². The molecule has 15 heavy (non-hydrogen) atoms. The number of carboxylic acid groups (broad SMARTS) is 1. The minimum Gasteiger partial charge on any atom is -0.508 e.